The highest BCUT2D eigenvalue weighted by molar-refractivity contribution is 9.10. The summed E-state index contributed by atoms with van der Waals surface area (Å²) in [4.78, 5) is 24.3. The molecule has 0 saturated heterocycles. The van der Waals surface area contributed by atoms with Gasteiger partial charge in [0.2, 0.25) is 0 Å². The molecular weight excluding hydrogens is 398 g/mol. The molecule has 26 heavy (non-hydrogen) atoms. The van der Waals surface area contributed by atoms with Gasteiger partial charge < -0.3 is 15.4 Å². The summed E-state index contributed by atoms with van der Waals surface area (Å²) < 4.78 is 5.83. The normalized spacial score (nSPS) is 10.6. The predicted octanol–water partition coefficient (Wildman–Crippen LogP) is 4.08. The molecule has 6 nitrogen and oxygen atoms in total. The third kappa shape index (κ3) is 5.19. The van der Waals surface area contributed by atoms with Crippen LogP contribution in [0.1, 0.15) is 17.3 Å². The van der Waals surface area contributed by atoms with Crippen LogP contribution in [0.3, 0.4) is 0 Å². The number of para-hydroxylation sites is 1. The summed E-state index contributed by atoms with van der Waals surface area (Å²) in [6, 6.07) is 15.6. The predicted molar refractivity (Wildman–Crippen MR) is 102 cm³/mol. The van der Waals surface area contributed by atoms with Gasteiger partial charge in [0.1, 0.15) is 11.6 Å². The van der Waals surface area contributed by atoms with Crippen molar-refractivity contribution in [3.63, 3.8) is 0 Å². The van der Waals surface area contributed by atoms with E-state index in [-0.39, 0.29) is 23.4 Å². The zero-order valence-corrected chi connectivity index (χ0v) is 15.5. The Morgan fingerprint density at radius 3 is 2.69 bits per heavy atom. The quantitative estimate of drug-likeness (QED) is 0.422. The Hall–Kier alpha value is -3.11. The number of carbonyl (C=O) groups excluding carboxylic acids is 2. The molecule has 2 N–H and O–H groups in total. The molecule has 0 radical (unpaired) electrons. The monoisotopic (exact) mass is 413 g/mol. The molecule has 132 valence electrons. The number of carbonyl (C=O) groups is 2. The lowest BCUT2D eigenvalue weighted by Crippen LogP contribution is -2.17. The Labute approximate surface area is 159 Å². The molecule has 0 bridgehead atoms. The van der Waals surface area contributed by atoms with Gasteiger partial charge in [0.25, 0.3) is 5.91 Å². The minimum Gasteiger partial charge on any atom is -0.462 e. The van der Waals surface area contributed by atoms with Crippen molar-refractivity contribution in [2.45, 2.75) is 6.92 Å². The van der Waals surface area contributed by atoms with Gasteiger partial charge in [0.15, 0.2) is 0 Å². The molecule has 0 saturated carbocycles. The Balaban J connectivity index is 2.16. The van der Waals surface area contributed by atoms with Crippen molar-refractivity contribution in [2.24, 2.45) is 0 Å². The van der Waals surface area contributed by atoms with Crippen molar-refractivity contribution >= 4 is 39.2 Å². The summed E-state index contributed by atoms with van der Waals surface area (Å²) in [5.74, 6) is -1.18. The molecule has 0 fully saturated rings. The second-order valence-corrected chi connectivity index (χ2v) is 5.96. The van der Waals surface area contributed by atoms with Gasteiger partial charge in [-0.1, -0.05) is 34.1 Å². The first-order chi connectivity index (χ1) is 12.5. The highest BCUT2D eigenvalue weighted by Gasteiger charge is 2.16. The second kappa shape index (κ2) is 9.39. The third-order valence-electron chi connectivity index (χ3n) is 3.24. The summed E-state index contributed by atoms with van der Waals surface area (Å²) in [6.45, 7) is 1.92. The number of benzene rings is 2. The molecule has 0 heterocycles. The van der Waals surface area contributed by atoms with E-state index in [4.69, 9.17) is 4.74 Å². The van der Waals surface area contributed by atoms with E-state index in [0.717, 1.165) is 4.47 Å². The first-order valence-corrected chi connectivity index (χ1v) is 8.54. The van der Waals surface area contributed by atoms with Crippen LogP contribution in [0, 0.1) is 11.3 Å². The maximum Gasteiger partial charge on any atom is 0.340 e. The highest BCUT2D eigenvalue weighted by Crippen LogP contribution is 2.18. The number of nitriles is 1. The summed E-state index contributed by atoms with van der Waals surface area (Å²) in [5, 5.41) is 14.7. The number of amides is 1. The largest absolute Gasteiger partial charge is 0.462 e. The fourth-order valence-electron chi connectivity index (χ4n) is 2.05. The third-order valence-corrected chi connectivity index (χ3v) is 3.74. The van der Waals surface area contributed by atoms with Crippen molar-refractivity contribution in [1.82, 2.24) is 0 Å². The summed E-state index contributed by atoms with van der Waals surface area (Å²) in [5.41, 5.74) is 1.08. The van der Waals surface area contributed by atoms with Gasteiger partial charge >= 0.3 is 5.97 Å². The van der Waals surface area contributed by atoms with Gasteiger partial charge in [0, 0.05) is 16.4 Å². The number of hydrogen-bond acceptors (Lipinski definition) is 5. The summed E-state index contributed by atoms with van der Waals surface area (Å²) >= 11 is 3.34. The van der Waals surface area contributed by atoms with Gasteiger partial charge in [-0.05, 0) is 37.3 Å². The van der Waals surface area contributed by atoms with Gasteiger partial charge in [0.05, 0.1) is 17.9 Å². The smallest absolute Gasteiger partial charge is 0.340 e. The average Bonchev–Trinajstić information content (AvgIpc) is 2.63. The molecule has 0 aliphatic carbocycles. The van der Waals surface area contributed by atoms with Crippen molar-refractivity contribution in [1.29, 1.82) is 5.26 Å². The van der Waals surface area contributed by atoms with Gasteiger partial charge in [-0.15, -0.1) is 0 Å². The zero-order chi connectivity index (χ0) is 18.9. The minimum atomic E-state index is -0.633. The molecule has 1 amide bonds. The van der Waals surface area contributed by atoms with E-state index in [1.807, 2.05) is 18.2 Å². The number of nitrogens with zero attached hydrogens (tertiary/aromatic N) is 1. The molecule has 0 aromatic heterocycles. The standard InChI is InChI=1S/C19H16BrN3O3/c1-2-26-19(25)16-8-3-4-9-17(16)23-18(24)13(11-21)12-22-15-7-5-6-14(20)10-15/h3-10,12,22H,2H2,1H3,(H,23,24)/b13-12-. The molecule has 2 aromatic rings. The lowest BCUT2D eigenvalue weighted by Gasteiger charge is -2.10. The maximum absolute atomic E-state index is 12.4. The molecule has 0 aliphatic heterocycles. The first-order valence-electron chi connectivity index (χ1n) is 7.75. The zero-order valence-electron chi connectivity index (χ0n) is 14.0. The van der Waals surface area contributed by atoms with Crippen LogP contribution in [-0.2, 0) is 9.53 Å². The number of halogens is 1. The topological polar surface area (TPSA) is 91.2 Å². The molecule has 7 heteroatoms. The molecular formula is C19H16BrN3O3. The van der Waals surface area contributed by atoms with Crippen LogP contribution in [0.15, 0.2) is 64.8 Å². The van der Waals surface area contributed by atoms with Crippen LogP contribution in [0.25, 0.3) is 0 Å². The molecule has 0 atom stereocenters. The van der Waals surface area contributed by atoms with Crippen LogP contribution >= 0.6 is 15.9 Å². The van der Waals surface area contributed by atoms with Crippen LogP contribution in [0.4, 0.5) is 11.4 Å². The number of rotatable bonds is 6. The average molecular weight is 414 g/mol. The van der Waals surface area contributed by atoms with Gasteiger partial charge in [-0.25, -0.2) is 4.79 Å². The molecule has 2 aromatic carbocycles. The minimum absolute atomic E-state index is 0.136. The van der Waals surface area contributed by atoms with Gasteiger partial charge in [-0.3, -0.25) is 4.79 Å². The van der Waals surface area contributed by atoms with E-state index in [0.29, 0.717) is 5.69 Å². The van der Waals surface area contributed by atoms with Crippen molar-refractivity contribution in [2.75, 3.05) is 17.2 Å². The van der Waals surface area contributed by atoms with Crippen LogP contribution < -0.4 is 10.6 Å². The second-order valence-electron chi connectivity index (χ2n) is 5.04. The number of ether oxygens (including phenoxy) is 1. The van der Waals surface area contributed by atoms with E-state index >= 15 is 0 Å². The highest BCUT2D eigenvalue weighted by atomic mass is 79.9. The van der Waals surface area contributed by atoms with Crippen LogP contribution in [0.5, 0.6) is 0 Å². The van der Waals surface area contributed by atoms with Crippen LogP contribution in [0.2, 0.25) is 0 Å². The molecule has 0 spiro atoms. The molecule has 2 rings (SSSR count). The Morgan fingerprint density at radius 1 is 1.23 bits per heavy atom. The van der Waals surface area contributed by atoms with Crippen LogP contribution in [-0.4, -0.2) is 18.5 Å². The Morgan fingerprint density at radius 2 is 2.00 bits per heavy atom. The van der Waals surface area contributed by atoms with E-state index < -0.39 is 11.9 Å². The number of anilines is 2. The van der Waals surface area contributed by atoms with E-state index in [1.54, 1.807) is 43.3 Å². The fraction of sp³-hybridized carbons (Fsp3) is 0.105. The maximum atomic E-state index is 12.4. The number of nitrogens with one attached hydrogen (secondary N) is 2. The lowest BCUT2D eigenvalue weighted by molar-refractivity contribution is -0.112. The van der Waals surface area contributed by atoms with Crippen molar-refractivity contribution in [3.05, 3.63) is 70.3 Å². The molecule has 0 aliphatic rings. The Bertz CT molecular complexity index is 888. The van der Waals surface area contributed by atoms with Crippen molar-refractivity contribution < 1.29 is 14.3 Å². The molecule has 0 unspecified atom stereocenters. The number of hydrogen-bond donors (Lipinski definition) is 2. The fourth-order valence-corrected chi connectivity index (χ4v) is 2.45. The van der Waals surface area contributed by atoms with Gasteiger partial charge in [-0.2, -0.15) is 5.26 Å². The number of esters is 1. The van der Waals surface area contributed by atoms with E-state index in [1.165, 1.54) is 6.20 Å². The summed E-state index contributed by atoms with van der Waals surface area (Å²) in [7, 11) is 0. The lowest BCUT2D eigenvalue weighted by atomic mass is 10.1. The van der Waals surface area contributed by atoms with Crippen molar-refractivity contribution in [3.8, 4) is 6.07 Å². The SMILES string of the molecule is CCOC(=O)c1ccccc1NC(=O)/C(C#N)=C\Nc1cccc(Br)c1. The Kier molecular flexibility index (Phi) is 6.94. The van der Waals surface area contributed by atoms with E-state index in [9.17, 15) is 14.9 Å². The first kappa shape index (κ1) is 19.2. The van der Waals surface area contributed by atoms with E-state index in [2.05, 4.69) is 26.6 Å². The summed E-state index contributed by atoms with van der Waals surface area (Å²) in [6.07, 6.45) is 1.31.